The molecule has 0 aliphatic rings. The molecule has 3 N–H and O–H groups in total. The Morgan fingerprint density at radius 3 is 2.05 bits per heavy atom. The van der Waals surface area contributed by atoms with E-state index in [4.69, 9.17) is 9.66 Å². The zero-order valence-electron chi connectivity index (χ0n) is 12.4. The van der Waals surface area contributed by atoms with Crippen molar-refractivity contribution in [3.8, 4) is 0 Å². The van der Waals surface area contributed by atoms with E-state index in [1.54, 1.807) is 0 Å². The van der Waals surface area contributed by atoms with Gasteiger partial charge in [-0.2, -0.15) is 8.42 Å². The molecule has 0 unspecified atom stereocenters. The van der Waals surface area contributed by atoms with Crippen molar-refractivity contribution in [3.05, 3.63) is 0 Å². The molecule has 0 radical (unpaired) electrons. The second-order valence-corrected chi connectivity index (χ2v) is 6.58. The predicted molar refractivity (Wildman–Crippen MR) is 78.6 cm³/mol. The highest BCUT2D eigenvalue weighted by molar-refractivity contribution is 7.85. The van der Waals surface area contributed by atoms with Crippen LogP contribution in [0.25, 0.3) is 0 Å². The highest BCUT2D eigenvalue weighted by Gasteiger charge is 2.25. The van der Waals surface area contributed by atoms with Gasteiger partial charge in [0, 0.05) is 6.42 Å². The SMILES string of the molecule is CCCCCCCCCC(=O)N[C@H](CS(=O)(=O)O)C(=O)O. The maximum absolute atomic E-state index is 11.5. The largest absolute Gasteiger partial charge is 0.480 e. The summed E-state index contributed by atoms with van der Waals surface area (Å²) in [7, 11) is -4.45. The van der Waals surface area contributed by atoms with Gasteiger partial charge >= 0.3 is 5.97 Å². The van der Waals surface area contributed by atoms with Crippen LogP contribution < -0.4 is 5.32 Å². The van der Waals surface area contributed by atoms with Crippen molar-refractivity contribution in [2.24, 2.45) is 0 Å². The molecule has 0 aliphatic heterocycles. The number of carbonyl (C=O) groups is 2. The highest BCUT2D eigenvalue weighted by Crippen LogP contribution is 2.08. The van der Waals surface area contributed by atoms with Crippen LogP contribution >= 0.6 is 0 Å². The molecule has 124 valence electrons. The third-order valence-corrected chi connectivity index (χ3v) is 3.77. The van der Waals surface area contributed by atoms with Gasteiger partial charge in [0.25, 0.3) is 10.1 Å². The fourth-order valence-corrected chi connectivity index (χ4v) is 2.54. The molecule has 0 heterocycles. The van der Waals surface area contributed by atoms with Crippen molar-refractivity contribution >= 4 is 22.0 Å². The van der Waals surface area contributed by atoms with Gasteiger partial charge in [-0.1, -0.05) is 45.4 Å². The van der Waals surface area contributed by atoms with Crippen LogP contribution in [0.4, 0.5) is 0 Å². The first kappa shape index (κ1) is 19.9. The first-order valence-electron chi connectivity index (χ1n) is 7.23. The molecule has 1 atom stereocenters. The van der Waals surface area contributed by atoms with Gasteiger partial charge in [0.15, 0.2) is 0 Å². The first-order valence-corrected chi connectivity index (χ1v) is 8.84. The van der Waals surface area contributed by atoms with Crippen molar-refractivity contribution in [1.82, 2.24) is 5.32 Å². The fourth-order valence-electron chi connectivity index (χ4n) is 1.89. The summed E-state index contributed by atoms with van der Waals surface area (Å²) in [6.45, 7) is 2.13. The lowest BCUT2D eigenvalue weighted by Crippen LogP contribution is -2.45. The van der Waals surface area contributed by atoms with Crippen molar-refractivity contribution in [1.29, 1.82) is 0 Å². The molecular formula is C13H25NO6S. The van der Waals surface area contributed by atoms with E-state index in [0.29, 0.717) is 6.42 Å². The quantitative estimate of drug-likeness (QED) is 0.370. The van der Waals surface area contributed by atoms with Gasteiger partial charge in [-0.3, -0.25) is 9.35 Å². The second kappa shape index (κ2) is 10.6. The lowest BCUT2D eigenvalue weighted by Gasteiger charge is -2.12. The second-order valence-electron chi connectivity index (χ2n) is 5.08. The molecule has 1 amide bonds. The molecule has 0 rings (SSSR count). The number of nitrogens with one attached hydrogen (secondary N) is 1. The molecule has 8 heteroatoms. The normalized spacial score (nSPS) is 12.9. The van der Waals surface area contributed by atoms with Crippen LogP contribution in [0.2, 0.25) is 0 Å². The molecule has 0 aliphatic carbocycles. The number of hydrogen-bond donors (Lipinski definition) is 3. The minimum Gasteiger partial charge on any atom is -0.480 e. The molecule has 0 spiro atoms. The van der Waals surface area contributed by atoms with E-state index in [2.05, 4.69) is 12.2 Å². The number of rotatable bonds is 12. The van der Waals surface area contributed by atoms with Gasteiger partial charge in [-0.05, 0) is 6.42 Å². The molecule has 0 aromatic rings. The summed E-state index contributed by atoms with van der Waals surface area (Å²) in [4.78, 5) is 22.3. The summed E-state index contributed by atoms with van der Waals surface area (Å²) in [5.41, 5.74) is 0. The van der Waals surface area contributed by atoms with Gasteiger partial charge in [-0.25, -0.2) is 4.79 Å². The number of carboxylic acid groups (broad SMARTS) is 1. The molecule has 0 saturated carbocycles. The maximum atomic E-state index is 11.5. The number of hydrogen-bond acceptors (Lipinski definition) is 4. The van der Waals surface area contributed by atoms with Crippen LogP contribution in [0.3, 0.4) is 0 Å². The minimum absolute atomic E-state index is 0.156. The summed E-state index contributed by atoms with van der Waals surface area (Å²) in [5, 5.41) is 10.9. The molecule has 0 fully saturated rings. The first-order chi connectivity index (χ1) is 9.76. The average Bonchev–Trinajstić information content (AvgIpc) is 2.35. The number of aliphatic carboxylic acids is 1. The summed E-state index contributed by atoms with van der Waals surface area (Å²) in [6, 6.07) is -1.61. The van der Waals surface area contributed by atoms with Gasteiger partial charge < -0.3 is 10.4 Å². The summed E-state index contributed by atoms with van der Waals surface area (Å²) < 4.78 is 29.9. The van der Waals surface area contributed by atoms with E-state index in [0.717, 1.165) is 19.3 Å². The van der Waals surface area contributed by atoms with Gasteiger partial charge in [-0.15, -0.1) is 0 Å². The number of carboxylic acids is 1. The molecule has 0 bridgehead atoms. The van der Waals surface area contributed by atoms with Crippen LogP contribution in [-0.2, 0) is 19.7 Å². The van der Waals surface area contributed by atoms with E-state index in [9.17, 15) is 18.0 Å². The Morgan fingerprint density at radius 2 is 1.57 bits per heavy atom. The molecule has 0 aromatic heterocycles. The average molecular weight is 323 g/mol. The predicted octanol–water partition coefficient (Wildman–Crippen LogP) is 1.58. The smallest absolute Gasteiger partial charge is 0.327 e. The van der Waals surface area contributed by atoms with E-state index < -0.39 is 33.8 Å². The lowest BCUT2D eigenvalue weighted by atomic mass is 10.1. The van der Waals surface area contributed by atoms with Crippen molar-refractivity contribution in [2.45, 2.75) is 64.3 Å². The molecule has 7 nitrogen and oxygen atoms in total. The van der Waals surface area contributed by atoms with Crippen molar-refractivity contribution in [3.63, 3.8) is 0 Å². The van der Waals surface area contributed by atoms with Crippen molar-refractivity contribution in [2.75, 3.05) is 5.75 Å². The minimum atomic E-state index is -4.45. The Bertz CT molecular complexity index is 420. The van der Waals surface area contributed by atoms with Crippen molar-refractivity contribution < 1.29 is 27.7 Å². The zero-order chi connectivity index (χ0) is 16.3. The monoisotopic (exact) mass is 323 g/mol. The Labute approximate surface area is 125 Å². The summed E-state index contributed by atoms with van der Waals surface area (Å²) in [6.07, 6.45) is 7.38. The standard InChI is InChI=1S/C13H25NO6S/c1-2-3-4-5-6-7-8-9-12(15)14-11(13(16)17)10-21(18,19)20/h11H,2-10H2,1H3,(H,14,15)(H,16,17)(H,18,19,20)/t11-/m1/s1. The fraction of sp³-hybridized carbons (Fsp3) is 0.846. The molecular weight excluding hydrogens is 298 g/mol. The van der Waals surface area contributed by atoms with Gasteiger partial charge in [0.2, 0.25) is 5.91 Å². The van der Waals surface area contributed by atoms with E-state index >= 15 is 0 Å². The van der Waals surface area contributed by atoms with Crippen LogP contribution in [0, 0.1) is 0 Å². The van der Waals surface area contributed by atoms with E-state index in [-0.39, 0.29) is 6.42 Å². The number of carbonyl (C=O) groups excluding carboxylic acids is 1. The highest BCUT2D eigenvalue weighted by atomic mass is 32.2. The third-order valence-electron chi connectivity index (χ3n) is 3.02. The van der Waals surface area contributed by atoms with Crippen LogP contribution in [-0.4, -0.2) is 41.7 Å². The van der Waals surface area contributed by atoms with E-state index in [1.807, 2.05) is 0 Å². The Morgan fingerprint density at radius 1 is 1.05 bits per heavy atom. The topological polar surface area (TPSA) is 121 Å². The number of amides is 1. The van der Waals surface area contributed by atoms with Gasteiger partial charge in [0.1, 0.15) is 11.8 Å². The zero-order valence-corrected chi connectivity index (χ0v) is 13.2. The summed E-state index contributed by atoms with van der Waals surface area (Å²) in [5.74, 6) is -3.02. The Balaban J connectivity index is 3.92. The Kier molecular flexibility index (Phi) is 9.98. The van der Waals surface area contributed by atoms with Crippen LogP contribution in [0.1, 0.15) is 58.3 Å². The van der Waals surface area contributed by atoms with Crippen LogP contribution in [0.5, 0.6) is 0 Å². The number of unbranched alkanes of at least 4 members (excludes halogenated alkanes) is 6. The van der Waals surface area contributed by atoms with Gasteiger partial charge in [0.05, 0.1) is 0 Å². The lowest BCUT2D eigenvalue weighted by molar-refractivity contribution is -0.141. The Hall–Kier alpha value is -1.15. The van der Waals surface area contributed by atoms with Crippen LogP contribution in [0.15, 0.2) is 0 Å². The molecule has 0 aromatic carbocycles. The molecule has 21 heavy (non-hydrogen) atoms. The summed E-state index contributed by atoms with van der Waals surface area (Å²) >= 11 is 0. The van der Waals surface area contributed by atoms with E-state index in [1.165, 1.54) is 19.3 Å². The maximum Gasteiger partial charge on any atom is 0.327 e. The third kappa shape index (κ3) is 12.3. The molecule has 0 saturated heterocycles.